The summed E-state index contributed by atoms with van der Waals surface area (Å²) in [5.41, 5.74) is 7.08. The maximum atomic E-state index is 12.4. The molecule has 0 aliphatic carbocycles. The van der Waals surface area contributed by atoms with Gasteiger partial charge in [-0.25, -0.2) is 4.79 Å². The van der Waals surface area contributed by atoms with Crippen LogP contribution in [0.15, 0.2) is 24.3 Å². The number of amides is 1. The Kier molecular flexibility index (Phi) is 4.25. The van der Waals surface area contributed by atoms with Crippen LogP contribution >= 0.6 is 0 Å². The van der Waals surface area contributed by atoms with E-state index in [2.05, 4.69) is 0 Å². The monoisotopic (exact) mass is 345 g/mol. The number of cyclic esters (lactones) is 1. The fourth-order valence-electron chi connectivity index (χ4n) is 4.94. The van der Waals surface area contributed by atoms with Crippen molar-refractivity contribution in [3.8, 4) is 0 Å². The van der Waals surface area contributed by atoms with Crippen LogP contribution in [0.5, 0.6) is 0 Å². The molecule has 4 N–H and O–H groups in total. The molecule has 3 heterocycles. The van der Waals surface area contributed by atoms with Crippen molar-refractivity contribution >= 4 is 11.9 Å². The molecule has 1 aromatic rings. The SMILES string of the molecule is NC(=O)C1([NH+]2CCCCC2)CC[NH+]([C@H]2OC(=O)c3ccccc32)CC1. The Labute approximate surface area is 147 Å². The number of carbonyl (C=O) groups is 2. The molecule has 0 bridgehead atoms. The lowest BCUT2D eigenvalue weighted by atomic mass is 9.83. The standard InChI is InChI=1S/C19H25N3O3/c20-18(24)19(22-10-4-1-5-11-22)8-12-21(13-9-19)16-14-6-2-3-7-15(14)17(23)25-16/h2-3,6-7,16H,1,4-5,8-13H2,(H2,20,24)/p+2/t16-/m0/s1. The summed E-state index contributed by atoms with van der Waals surface area (Å²) >= 11 is 0. The van der Waals surface area contributed by atoms with E-state index in [9.17, 15) is 9.59 Å². The maximum absolute atomic E-state index is 12.4. The molecule has 6 heteroatoms. The van der Waals surface area contributed by atoms with Gasteiger partial charge in [0.25, 0.3) is 12.1 Å². The van der Waals surface area contributed by atoms with E-state index in [0.717, 1.165) is 44.6 Å². The molecule has 134 valence electrons. The van der Waals surface area contributed by atoms with Gasteiger partial charge in [0.15, 0.2) is 5.54 Å². The van der Waals surface area contributed by atoms with Gasteiger partial charge < -0.3 is 15.4 Å². The largest absolute Gasteiger partial charge is 0.404 e. The van der Waals surface area contributed by atoms with Crippen LogP contribution in [0.4, 0.5) is 0 Å². The van der Waals surface area contributed by atoms with E-state index in [1.165, 1.54) is 29.1 Å². The number of nitrogens with one attached hydrogen (secondary N) is 2. The van der Waals surface area contributed by atoms with Crippen LogP contribution in [-0.4, -0.2) is 43.6 Å². The van der Waals surface area contributed by atoms with Crippen LogP contribution in [0.25, 0.3) is 0 Å². The molecule has 0 saturated carbocycles. The highest BCUT2D eigenvalue weighted by atomic mass is 16.6. The van der Waals surface area contributed by atoms with E-state index in [1.807, 2.05) is 24.3 Å². The van der Waals surface area contributed by atoms with E-state index in [-0.39, 0.29) is 18.1 Å². The number of rotatable bonds is 3. The Morgan fingerprint density at radius 2 is 1.76 bits per heavy atom. The first-order chi connectivity index (χ1) is 12.1. The third kappa shape index (κ3) is 2.73. The molecule has 0 radical (unpaired) electrons. The van der Waals surface area contributed by atoms with E-state index in [1.54, 1.807) is 0 Å². The summed E-state index contributed by atoms with van der Waals surface area (Å²) in [6.07, 6.45) is 4.89. The molecule has 1 amide bonds. The zero-order valence-corrected chi connectivity index (χ0v) is 14.6. The molecule has 2 saturated heterocycles. The van der Waals surface area contributed by atoms with Gasteiger partial charge >= 0.3 is 5.97 Å². The van der Waals surface area contributed by atoms with Crippen LogP contribution in [0, 0.1) is 0 Å². The van der Waals surface area contributed by atoms with Crippen molar-refractivity contribution in [1.82, 2.24) is 0 Å². The molecule has 0 unspecified atom stereocenters. The normalized spacial score (nSPS) is 32.9. The number of ether oxygens (including phenoxy) is 1. The molecule has 6 nitrogen and oxygen atoms in total. The summed E-state index contributed by atoms with van der Waals surface area (Å²) in [6, 6.07) is 7.62. The molecular formula is C19H27N3O3+2. The lowest BCUT2D eigenvalue weighted by molar-refractivity contribution is -0.993. The average Bonchev–Trinajstić information content (AvgIpc) is 2.99. The third-order valence-corrected chi connectivity index (χ3v) is 6.41. The second kappa shape index (κ2) is 6.42. The number of benzene rings is 1. The topological polar surface area (TPSA) is 78.3 Å². The number of quaternary nitrogens is 2. The van der Waals surface area contributed by atoms with Crippen molar-refractivity contribution in [2.45, 2.75) is 43.9 Å². The highest BCUT2D eigenvalue weighted by molar-refractivity contribution is 5.93. The number of likely N-dealkylation sites (tertiary alicyclic amines) is 2. The molecular weight excluding hydrogens is 318 g/mol. The van der Waals surface area contributed by atoms with Crippen molar-refractivity contribution in [2.24, 2.45) is 5.73 Å². The Hall–Kier alpha value is -1.92. The Bertz CT molecular complexity index is 676. The van der Waals surface area contributed by atoms with Crippen LogP contribution in [0.3, 0.4) is 0 Å². The summed E-state index contributed by atoms with van der Waals surface area (Å²) < 4.78 is 5.65. The molecule has 1 atom stereocenters. The number of nitrogens with two attached hydrogens (primary N) is 1. The van der Waals surface area contributed by atoms with Crippen LogP contribution < -0.4 is 15.5 Å². The third-order valence-electron chi connectivity index (χ3n) is 6.41. The molecule has 25 heavy (non-hydrogen) atoms. The first kappa shape index (κ1) is 16.5. The number of carbonyl (C=O) groups excluding carboxylic acids is 2. The molecule has 1 aromatic carbocycles. The lowest BCUT2D eigenvalue weighted by Crippen LogP contribution is -3.26. The minimum atomic E-state index is -0.438. The highest BCUT2D eigenvalue weighted by Gasteiger charge is 2.52. The quantitative estimate of drug-likeness (QED) is 0.604. The molecule has 4 rings (SSSR count). The summed E-state index contributed by atoms with van der Waals surface area (Å²) in [5, 5.41) is 0. The number of piperidine rings is 2. The van der Waals surface area contributed by atoms with E-state index in [4.69, 9.17) is 10.5 Å². The van der Waals surface area contributed by atoms with E-state index >= 15 is 0 Å². The maximum Gasteiger partial charge on any atom is 0.343 e. The summed E-state index contributed by atoms with van der Waals surface area (Å²) in [5.74, 6) is -0.395. The van der Waals surface area contributed by atoms with Gasteiger partial charge in [0, 0.05) is 0 Å². The predicted octanol–water partition coefficient (Wildman–Crippen LogP) is -1.17. The second-order valence-corrected chi connectivity index (χ2v) is 7.64. The van der Waals surface area contributed by atoms with E-state index in [0.29, 0.717) is 5.56 Å². The molecule has 0 spiro atoms. The Morgan fingerprint density at radius 1 is 1.08 bits per heavy atom. The Morgan fingerprint density at radius 3 is 2.44 bits per heavy atom. The fraction of sp³-hybridized carbons (Fsp3) is 0.579. The van der Waals surface area contributed by atoms with Gasteiger partial charge in [-0.3, -0.25) is 9.69 Å². The number of hydrogen-bond donors (Lipinski definition) is 3. The molecule has 0 aromatic heterocycles. The van der Waals surface area contributed by atoms with Gasteiger partial charge in [-0.15, -0.1) is 0 Å². The van der Waals surface area contributed by atoms with Crippen molar-refractivity contribution in [1.29, 1.82) is 0 Å². The van der Waals surface area contributed by atoms with Gasteiger partial charge in [0.2, 0.25) is 0 Å². The van der Waals surface area contributed by atoms with Crippen LogP contribution in [0.1, 0.15) is 54.3 Å². The minimum absolute atomic E-state index is 0.160. The van der Waals surface area contributed by atoms with Gasteiger partial charge in [-0.1, -0.05) is 12.1 Å². The Balaban J connectivity index is 1.51. The molecule has 3 aliphatic heterocycles. The number of fused-ring (bicyclic) bond motifs is 1. The predicted molar refractivity (Wildman–Crippen MR) is 91.0 cm³/mol. The number of hydrogen-bond acceptors (Lipinski definition) is 3. The summed E-state index contributed by atoms with van der Waals surface area (Å²) in [6.45, 7) is 3.69. The van der Waals surface area contributed by atoms with Gasteiger partial charge in [-0.05, 0) is 31.4 Å². The first-order valence-electron chi connectivity index (χ1n) is 9.41. The molecule has 2 fully saturated rings. The average molecular weight is 345 g/mol. The fourth-order valence-corrected chi connectivity index (χ4v) is 4.94. The smallest absolute Gasteiger partial charge is 0.343 e. The zero-order chi connectivity index (χ0) is 17.4. The number of esters is 1. The van der Waals surface area contributed by atoms with Crippen LogP contribution in [0.2, 0.25) is 0 Å². The van der Waals surface area contributed by atoms with Crippen molar-refractivity contribution in [2.75, 3.05) is 26.2 Å². The van der Waals surface area contributed by atoms with Crippen LogP contribution in [-0.2, 0) is 9.53 Å². The zero-order valence-electron chi connectivity index (χ0n) is 14.6. The van der Waals surface area contributed by atoms with Gasteiger partial charge in [0.05, 0.1) is 50.1 Å². The minimum Gasteiger partial charge on any atom is -0.404 e. The van der Waals surface area contributed by atoms with Crippen molar-refractivity contribution in [3.63, 3.8) is 0 Å². The van der Waals surface area contributed by atoms with Gasteiger partial charge in [0.1, 0.15) is 0 Å². The first-order valence-corrected chi connectivity index (χ1v) is 9.41. The van der Waals surface area contributed by atoms with Crippen molar-refractivity contribution < 1.29 is 24.1 Å². The van der Waals surface area contributed by atoms with E-state index < -0.39 is 5.54 Å². The second-order valence-electron chi connectivity index (χ2n) is 7.64. The molecule has 3 aliphatic rings. The summed E-state index contributed by atoms with van der Waals surface area (Å²) in [7, 11) is 0. The lowest BCUT2D eigenvalue weighted by Gasteiger charge is -2.44. The van der Waals surface area contributed by atoms with Gasteiger partial charge in [-0.2, -0.15) is 0 Å². The highest BCUT2D eigenvalue weighted by Crippen LogP contribution is 2.27. The van der Waals surface area contributed by atoms with Crippen molar-refractivity contribution in [3.05, 3.63) is 35.4 Å². The summed E-state index contributed by atoms with van der Waals surface area (Å²) in [4.78, 5) is 27.0. The number of primary amides is 1.